The average Bonchev–Trinajstić information content (AvgIpc) is 2.49. The molecule has 2 heterocycles. The number of hydrogen-bond acceptors (Lipinski definition) is 4. The van der Waals surface area contributed by atoms with E-state index in [1.807, 2.05) is 11.6 Å². The fourth-order valence-electron chi connectivity index (χ4n) is 1.63. The highest BCUT2D eigenvalue weighted by Crippen LogP contribution is 2.22. The molecule has 2 N–H and O–H groups in total. The molecule has 0 aromatic carbocycles. The monoisotopic (exact) mass is 182 g/mol. The Morgan fingerprint density at radius 3 is 2.69 bits per heavy atom. The van der Waals surface area contributed by atoms with Gasteiger partial charge in [0.2, 0.25) is 0 Å². The lowest BCUT2D eigenvalue weighted by atomic mass is 10.1. The Morgan fingerprint density at radius 1 is 1.46 bits per heavy atom. The van der Waals surface area contributed by atoms with Crippen LogP contribution >= 0.6 is 0 Å². The van der Waals surface area contributed by atoms with Crippen molar-refractivity contribution in [2.45, 2.75) is 25.8 Å². The molecule has 0 atom stereocenters. The van der Waals surface area contributed by atoms with Crippen molar-refractivity contribution in [3.8, 4) is 0 Å². The zero-order valence-corrected chi connectivity index (χ0v) is 7.73. The summed E-state index contributed by atoms with van der Waals surface area (Å²) in [6.45, 7) is 3.57. The van der Waals surface area contributed by atoms with Gasteiger partial charge in [-0.25, -0.2) is 4.68 Å². The van der Waals surface area contributed by atoms with Gasteiger partial charge in [0.25, 0.3) is 0 Å². The number of nitrogens with two attached hydrogens (primary N) is 1. The molecule has 0 bridgehead atoms. The van der Waals surface area contributed by atoms with Crippen molar-refractivity contribution in [3.05, 3.63) is 5.69 Å². The maximum Gasteiger partial charge on any atom is 0.168 e. The van der Waals surface area contributed by atoms with Crippen LogP contribution in [0.2, 0.25) is 0 Å². The molecule has 1 aromatic rings. The number of nitrogens with zero attached hydrogens (tertiary/aromatic N) is 3. The minimum absolute atomic E-state index is 0.415. The van der Waals surface area contributed by atoms with E-state index in [4.69, 9.17) is 10.5 Å². The van der Waals surface area contributed by atoms with Crippen LogP contribution in [0.25, 0.3) is 0 Å². The number of ether oxygens (including phenoxy) is 1. The molecule has 0 radical (unpaired) electrons. The van der Waals surface area contributed by atoms with Crippen LogP contribution in [0, 0.1) is 6.92 Å². The largest absolute Gasteiger partial charge is 0.381 e. The third kappa shape index (κ3) is 1.51. The smallest absolute Gasteiger partial charge is 0.168 e. The topological polar surface area (TPSA) is 66.0 Å². The first kappa shape index (κ1) is 8.50. The first-order chi connectivity index (χ1) is 6.29. The van der Waals surface area contributed by atoms with Crippen LogP contribution in [-0.4, -0.2) is 28.2 Å². The minimum atomic E-state index is 0.415. The van der Waals surface area contributed by atoms with E-state index in [0.717, 1.165) is 31.7 Å². The van der Waals surface area contributed by atoms with Crippen molar-refractivity contribution in [1.82, 2.24) is 15.0 Å². The van der Waals surface area contributed by atoms with Crippen LogP contribution in [0.4, 0.5) is 5.82 Å². The van der Waals surface area contributed by atoms with E-state index in [-0.39, 0.29) is 0 Å². The summed E-state index contributed by atoms with van der Waals surface area (Å²) in [4.78, 5) is 0. The molecule has 1 aliphatic rings. The molecule has 1 aromatic heterocycles. The lowest BCUT2D eigenvalue weighted by Crippen LogP contribution is -2.21. The quantitative estimate of drug-likeness (QED) is 0.687. The first-order valence-electron chi connectivity index (χ1n) is 4.54. The van der Waals surface area contributed by atoms with Crippen molar-refractivity contribution < 1.29 is 4.74 Å². The normalized spacial score (nSPS) is 19.2. The van der Waals surface area contributed by atoms with Crippen molar-refractivity contribution in [3.63, 3.8) is 0 Å². The highest BCUT2D eigenvalue weighted by Gasteiger charge is 2.19. The zero-order valence-electron chi connectivity index (χ0n) is 7.73. The molecule has 5 nitrogen and oxygen atoms in total. The summed E-state index contributed by atoms with van der Waals surface area (Å²) in [6, 6.07) is 0.415. The Kier molecular flexibility index (Phi) is 2.18. The van der Waals surface area contributed by atoms with Crippen LogP contribution in [0.5, 0.6) is 0 Å². The minimum Gasteiger partial charge on any atom is -0.381 e. The molecule has 0 aliphatic carbocycles. The molecule has 13 heavy (non-hydrogen) atoms. The van der Waals surface area contributed by atoms with Crippen LogP contribution in [-0.2, 0) is 4.74 Å². The van der Waals surface area contributed by atoms with E-state index in [2.05, 4.69) is 10.3 Å². The second-order valence-electron chi connectivity index (χ2n) is 3.35. The van der Waals surface area contributed by atoms with Gasteiger partial charge >= 0.3 is 0 Å². The highest BCUT2D eigenvalue weighted by molar-refractivity contribution is 5.31. The zero-order chi connectivity index (χ0) is 9.26. The lowest BCUT2D eigenvalue weighted by Gasteiger charge is -2.22. The highest BCUT2D eigenvalue weighted by atomic mass is 16.5. The van der Waals surface area contributed by atoms with Crippen LogP contribution in [0.15, 0.2) is 0 Å². The summed E-state index contributed by atoms with van der Waals surface area (Å²) < 4.78 is 7.19. The Balaban J connectivity index is 2.18. The van der Waals surface area contributed by atoms with Gasteiger partial charge in [0.1, 0.15) is 0 Å². The van der Waals surface area contributed by atoms with E-state index in [1.54, 1.807) is 0 Å². The number of hydrogen-bond donors (Lipinski definition) is 1. The second-order valence-corrected chi connectivity index (χ2v) is 3.35. The molecule has 0 spiro atoms. The number of anilines is 1. The third-order valence-corrected chi connectivity index (χ3v) is 2.50. The number of rotatable bonds is 1. The van der Waals surface area contributed by atoms with Gasteiger partial charge in [0, 0.05) is 13.2 Å². The predicted octanol–water partition coefficient (Wildman–Crippen LogP) is 0.520. The van der Waals surface area contributed by atoms with E-state index in [1.165, 1.54) is 0 Å². The molecule has 1 fully saturated rings. The van der Waals surface area contributed by atoms with Crippen molar-refractivity contribution in [2.24, 2.45) is 0 Å². The first-order valence-corrected chi connectivity index (χ1v) is 4.54. The van der Waals surface area contributed by atoms with Crippen LogP contribution < -0.4 is 5.73 Å². The number of aromatic nitrogens is 3. The van der Waals surface area contributed by atoms with Gasteiger partial charge in [-0.3, -0.25) is 0 Å². The summed E-state index contributed by atoms with van der Waals surface area (Å²) in [5, 5.41) is 7.87. The maximum atomic E-state index is 5.62. The van der Waals surface area contributed by atoms with Gasteiger partial charge in [-0.2, -0.15) is 0 Å². The van der Waals surface area contributed by atoms with Crippen LogP contribution in [0.3, 0.4) is 0 Å². The van der Waals surface area contributed by atoms with Gasteiger partial charge in [0.05, 0.1) is 11.7 Å². The molecular weight excluding hydrogens is 168 g/mol. The van der Waals surface area contributed by atoms with Gasteiger partial charge < -0.3 is 10.5 Å². The molecule has 5 heteroatoms. The molecule has 72 valence electrons. The second kappa shape index (κ2) is 3.33. The summed E-state index contributed by atoms with van der Waals surface area (Å²) in [7, 11) is 0. The van der Waals surface area contributed by atoms with Crippen molar-refractivity contribution in [1.29, 1.82) is 0 Å². The van der Waals surface area contributed by atoms with E-state index in [0.29, 0.717) is 11.9 Å². The van der Waals surface area contributed by atoms with Gasteiger partial charge in [-0.15, -0.1) is 5.10 Å². The summed E-state index contributed by atoms with van der Waals surface area (Å²) in [5.41, 5.74) is 6.59. The fraction of sp³-hybridized carbons (Fsp3) is 0.750. The summed E-state index contributed by atoms with van der Waals surface area (Å²) >= 11 is 0. The maximum absolute atomic E-state index is 5.62. The van der Waals surface area contributed by atoms with Gasteiger partial charge in [0.15, 0.2) is 5.82 Å². The number of nitrogen functional groups attached to an aromatic ring is 1. The molecule has 0 amide bonds. The van der Waals surface area contributed by atoms with Crippen molar-refractivity contribution in [2.75, 3.05) is 18.9 Å². The lowest BCUT2D eigenvalue weighted by molar-refractivity contribution is 0.0651. The Bertz CT molecular complexity index is 290. The average molecular weight is 182 g/mol. The molecule has 0 unspecified atom stereocenters. The summed E-state index contributed by atoms with van der Waals surface area (Å²) in [5.74, 6) is 0.534. The Hall–Kier alpha value is -1.10. The fourth-order valence-corrected chi connectivity index (χ4v) is 1.63. The van der Waals surface area contributed by atoms with Gasteiger partial charge in [-0.1, -0.05) is 5.21 Å². The molecule has 0 saturated carbocycles. The molecule has 1 aliphatic heterocycles. The van der Waals surface area contributed by atoms with E-state index >= 15 is 0 Å². The standard InChI is InChI=1S/C8H14N4O/c1-6-8(9)10-11-12(6)7-2-4-13-5-3-7/h7H,2-5,9H2,1H3. The molecule has 2 rings (SSSR count). The molecular formula is C8H14N4O. The Morgan fingerprint density at radius 2 is 2.15 bits per heavy atom. The summed E-state index contributed by atoms with van der Waals surface area (Å²) in [6.07, 6.45) is 2.01. The van der Waals surface area contributed by atoms with E-state index < -0.39 is 0 Å². The van der Waals surface area contributed by atoms with E-state index in [9.17, 15) is 0 Å². The predicted molar refractivity (Wildman–Crippen MR) is 48.3 cm³/mol. The molecule has 1 saturated heterocycles. The SMILES string of the molecule is Cc1c(N)nnn1C1CCOCC1. The van der Waals surface area contributed by atoms with Crippen molar-refractivity contribution >= 4 is 5.82 Å². The van der Waals surface area contributed by atoms with Crippen LogP contribution in [0.1, 0.15) is 24.6 Å². The third-order valence-electron chi connectivity index (χ3n) is 2.50. The van der Waals surface area contributed by atoms with Gasteiger partial charge in [-0.05, 0) is 19.8 Å². The Labute approximate surface area is 76.9 Å².